The van der Waals surface area contributed by atoms with Crippen LogP contribution in [0.3, 0.4) is 0 Å². The van der Waals surface area contributed by atoms with Crippen LogP contribution in [0, 0.1) is 0 Å². The number of nitrogens with one attached hydrogen (secondary N) is 2. The first-order valence-corrected chi connectivity index (χ1v) is 7.40. The van der Waals surface area contributed by atoms with Crippen molar-refractivity contribution in [2.75, 3.05) is 20.1 Å². The van der Waals surface area contributed by atoms with Gasteiger partial charge in [-0.2, -0.15) is 0 Å². The average molecular weight is 284 g/mol. The van der Waals surface area contributed by atoms with Gasteiger partial charge in [-0.3, -0.25) is 4.99 Å². The van der Waals surface area contributed by atoms with E-state index in [-0.39, 0.29) is 0 Å². The molecule has 1 aromatic heterocycles. The van der Waals surface area contributed by atoms with Crippen LogP contribution >= 0.6 is 0 Å². The van der Waals surface area contributed by atoms with Gasteiger partial charge in [0.1, 0.15) is 0 Å². The van der Waals surface area contributed by atoms with E-state index in [1.807, 2.05) is 18.2 Å². The Morgan fingerprint density at radius 1 is 1.10 bits per heavy atom. The largest absolute Gasteiger partial charge is 0.356 e. The predicted octanol–water partition coefficient (Wildman–Crippen LogP) is 2.46. The Labute approximate surface area is 126 Å². The third-order valence-corrected chi connectivity index (χ3v) is 3.50. The van der Waals surface area contributed by atoms with Crippen LogP contribution in [0.1, 0.15) is 18.4 Å². The van der Waals surface area contributed by atoms with Crippen molar-refractivity contribution in [3.63, 3.8) is 0 Å². The molecule has 0 bridgehead atoms. The van der Waals surface area contributed by atoms with Gasteiger partial charge in [0.05, 0.1) is 0 Å². The van der Waals surface area contributed by atoms with Gasteiger partial charge in [-0.25, -0.2) is 0 Å². The number of aromatic nitrogens is 1. The zero-order chi connectivity index (χ0) is 14.9. The van der Waals surface area contributed by atoms with Crippen molar-refractivity contribution in [3.8, 4) is 0 Å². The number of hydrogen-bond donors (Lipinski definition) is 2. The maximum Gasteiger partial charge on any atom is 0.191 e. The first kappa shape index (κ1) is 15.2. The second-order valence-electron chi connectivity index (χ2n) is 5.11. The molecule has 0 amide bonds. The Hall–Kier alpha value is -2.23. The van der Waals surface area contributed by atoms with Crippen LogP contribution in [0.4, 0.5) is 0 Å². The molecule has 1 heterocycles. The molecule has 4 nitrogen and oxygen atoms in total. The fourth-order valence-electron chi connectivity index (χ4n) is 2.19. The van der Waals surface area contributed by atoms with E-state index in [0.717, 1.165) is 25.6 Å². The molecule has 2 rings (SSSR count). The maximum atomic E-state index is 4.26. The Balaban J connectivity index is 1.72. The highest BCUT2D eigenvalue weighted by Gasteiger charge is 2.05. The molecule has 0 saturated heterocycles. The molecule has 112 valence electrons. The van der Waals surface area contributed by atoms with Crippen LogP contribution in [0.25, 0.3) is 0 Å². The number of rotatable bonds is 6. The summed E-state index contributed by atoms with van der Waals surface area (Å²) in [5, 5.41) is 6.71. The van der Waals surface area contributed by atoms with E-state index >= 15 is 0 Å². The Morgan fingerprint density at radius 2 is 1.81 bits per heavy atom. The van der Waals surface area contributed by atoms with Gasteiger partial charge in [0.25, 0.3) is 0 Å². The minimum atomic E-state index is 0.453. The monoisotopic (exact) mass is 284 g/mol. The maximum absolute atomic E-state index is 4.26. The van der Waals surface area contributed by atoms with E-state index in [1.54, 1.807) is 7.05 Å². The first-order chi connectivity index (χ1) is 10.3. The van der Waals surface area contributed by atoms with Crippen LogP contribution in [-0.2, 0) is 6.54 Å². The standard InChI is InChI=1S/C17H24N4/c1-15(16-8-4-3-5-9-16)14-20-17(18-2)19-10-13-21-11-6-7-12-21/h3-9,11-12,15H,10,13-14H2,1-2H3,(H2,18,19,20). The van der Waals surface area contributed by atoms with E-state index in [1.165, 1.54) is 5.56 Å². The SMILES string of the molecule is CN=C(NCCn1cccc1)NCC(C)c1ccccc1. The van der Waals surface area contributed by atoms with Crippen LogP contribution in [0.5, 0.6) is 0 Å². The van der Waals surface area contributed by atoms with Crippen LogP contribution in [-0.4, -0.2) is 30.7 Å². The number of nitrogens with zero attached hydrogens (tertiary/aromatic N) is 2. The molecule has 0 fully saturated rings. The lowest BCUT2D eigenvalue weighted by Gasteiger charge is -2.16. The Bertz CT molecular complexity index is 531. The summed E-state index contributed by atoms with van der Waals surface area (Å²) < 4.78 is 2.15. The predicted molar refractivity (Wildman–Crippen MR) is 88.7 cm³/mol. The summed E-state index contributed by atoms with van der Waals surface area (Å²) in [6, 6.07) is 14.6. The molecular weight excluding hydrogens is 260 g/mol. The smallest absolute Gasteiger partial charge is 0.191 e. The summed E-state index contributed by atoms with van der Waals surface area (Å²) in [6.07, 6.45) is 4.13. The van der Waals surface area contributed by atoms with Crippen LogP contribution < -0.4 is 10.6 Å². The van der Waals surface area contributed by atoms with E-state index < -0.39 is 0 Å². The fraction of sp³-hybridized carbons (Fsp3) is 0.353. The molecule has 0 radical (unpaired) electrons. The van der Waals surface area contributed by atoms with Gasteiger partial charge in [0.2, 0.25) is 0 Å². The molecule has 0 spiro atoms. The van der Waals surface area contributed by atoms with Gasteiger partial charge in [0, 0.05) is 39.1 Å². The second kappa shape index (κ2) is 8.15. The minimum absolute atomic E-state index is 0.453. The normalized spacial score (nSPS) is 13.0. The number of aliphatic imine (C=N–C) groups is 1. The third kappa shape index (κ3) is 4.99. The van der Waals surface area contributed by atoms with E-state index in [9.17, 15) is 0 Å². The van der Waals surface area contributed by atoms with E-state index in [2.05, 4.69) is 63.8 Å². The van der Waals surface area contributed by atoms with Crippen molar-refractivity contribution in [1.82, 2.24) is 15.2 Å². The Kier molecular flexibility index (Phi) is 5.88. The molecule has 0 saturated carbocycles. The summed E-state index contributed by atoms with van der Waals surface area (Å²) in [5.41, 5.74) is 1.34. The number of benzene rings is 1. The highest BCUT2D eigenvalue weighted by molar-refractivity contribution is 5.79. The average Bonchev–Trinajstić information content (AvgIpc) is 3.04. The van der Waals surface area contributed by atoms with E-state index in [4.69, 9.17) is 0 Å². The molecule has 2 aromatic rings. The molecule has 2 N–H and O–H groups in total. The Morgan fingerprint density at radius 3 is 2.48 bits per heavy atom. The zero-order valence-electron chi connectivity index (χ0n) is 12.8. The van der Waals surface area contributed by atoms with Gasteiger partial charge in [0.15, 0.2) is 5.96 Å². The fourth-order valence-corrected chi connectivity index (χ4v) is 2.19. The summed E-state index contributed by atoms with van der Waals surface area (Å²) >= 11 is 0. The van der Waals surface area contributed by atoms with Gasteiger partial charge in [-0.1, -0.05) is 37.3 Å². The molecule has 1 atom stereocenters. The number of hydrogen-bond acceptors (Lipinski definition) is 1. The summed E-state index contributed by atoms with van der Waals surface area (Å²) in [7, 11) is 1.80. The molecule has 21 heavy (non-hydrogen) atoms. The molecule has 4 heteroatoms. The van der Waals surface area contributed by atoms with Crippen LogP contribution in [0.2, 0.25) is 0 Å². The van der Waals surface area contributed by atoms with Gasteiger partial charge in [-0.05, 0) is 23.6 Å². The number of guanidine groups is 1. The summed E-state index contributed by atoms with van der Waals surface area (Å²) in [4.78, 5) is 4.26. The van der Waals surface area contributed by atoms with Crippen molar-refractivity contribution < 1.29 is 0 Å². The molecule has 0 aliphatic rings. The lowest BCUT2D eigenvalue weighted by atomic mass is 10.0. The third-order valence-electron chi connectivity index (χ3n) is 3.50. The molecular formula is C17H24N4. The molecule has 0 aliphatic heterocycles. The van der Waals surface area contributed by atoms with Gasteiger partial charge < -0.3 is 15.2 Å². The lowest BCUT2D eigenvalue weighted by molar-refractivity contribution is 0.652. The molecule has 1 aromatic carbocycles. The molecule has 0 aliphatic carbocycles. The van der Waals surface area contributed by atoms with Crippen molar-refractivity contribution in [1.29, 1.82) is 0 Å². The van der Waals surface area contributed by atoms with E-state index in [0.29, 0.717) is 5.92 Å². The van der Waals surface area contributed by atoms with Gasteiger partial charge >= 0.3 is 0 Å². The second-order valence-corrected chi connectivity index (χ2v) is 5.11. The minimum Gasteiger partial charge on any atom is -0.356 e. The topological polar surface area (TPSA) is 41.4 Å². The van der Waals surface area contributed by atoms with Crippen molar-refractivity contribution in [3.05, 3.63) is 60.4 Å². The van der Waals surface area contributed by atoms with Crippen molar-refractivity contribution in [2.45, 2.75) is 19.4 Å². The highest BCUT2D eigenvalue weighted by Crippen LogP contribution is 2.12. The van der Waals surface area contributed by atoms with Gasteiger partial charge in [-0.15, -0.1) is 0 Å². The summed E-state index contributed by atoms with van der Waals surface area (Å²) in [6.45, 7) is 4.87. The zero-order valence-corrected chi connectivity index (χ0v) is 12.8. The van der Waals surface area contributed by atoms with Crippen molar-refractivity contribution >= 4 is 5.96 Å². The van der Waals surface area contributed by atoms with Crippen LogP contribution in [0.15, 0.2) is 59.9 Å². The molecule has 1 unspecified atom stereocenters. The first-order valence-electron chi connectivity index (χ1n) is 7.40. The van der Waals surface area contributed by atoms with Crippen molar-refractivity contribution in [2.24, 2.45) is 4.99 Å². The quantitative estimate of drug-likeness (QED) is 0.632. The lowest BCUT2D eigenvalue weighted by Crippen LogP contribution is -2.40. The summed E-state index contributed by atoms with van der Waals surface area (Å²) in [5.74, 6) is 1.30. The highest BCUT2D eigenvalue weighted by atomic mass is 15.2.